The molecule has 8 nitrogen and oxygen atoms in total. The number of hydrogen-bond donors (Lipinski definition) is 2. The maximum Gasteiger partial charge on any atom is 0.244 e. The molecule has 10 heteroatoms. The largest absolute Gasteiger partial charge is 0.244 e. The predicted octanol–water partition coefficient (Wildman–Crippen LogP) is 0.932. The van der Waals surface area contributed by atoms with Gasteiger partial charge in [-0.05, 0) is 49.0 Å². The van der Waals surface area contributed by atoms with Gasteiger partial charge in [-0.3, -0.25) is 0 Å². The lowest BCUT2D eigenvalue weighted by Crippen LogP contribution is -2.19. The minimum atomic E-state index is -3.46. The summed E-state index contributed by atoms with van der Waals surface area (Å²) in [7, 11) is -6.92. The molecule has 0 aromatic heterocycles. The quantitative estimate of drug-likeness (QED) is 0.734. The Bertz CT molecular complexity index is 854. The molecule has 142 valence electrons. The van der Waals surface area contributed by atoms with Gasteiger partial charge in [0.15, 0.2) is 0 Å². The molecule has 2 N–H and O–H groups in total. The summed E-state index contributed by atoms with van der Waals surface area (Å²) in [5.41, 5.74) is 3.30. The van der Waals surface area contributed by atoms with E-state index >= 15 is 0 Å². The predicted molar refractivity (Wildman–Crippen MR) is 103 cm³/mol. The molecule has 0 unspecified atom stereocenters. The second-order valence-electron chi connectivity index (χ2n) is 6.08. The summed E-state index contributed by atoms with van der Waals surface area (Å²) in [5.74, 6) is 0. The Kier molecular flexibility index (Phi) is 6.54. The Morgan fingerprint density at radius 2 is 1.04 bits per heavy atom. The van der Waals surface area contributed by atoms with Crippen molar-refractivity contribution in [2.24, 2.45) is 10.2 Å². The number of rotatable bonds is 4. The van der Waals surface area contributed by atoms with Crippen molar-refractivity contribution in [2.45, 2.75) is 25.7 Å². The van der Waals surface area contributed by atoms with E-state index in [4.69, 9.17) is 0 Å². The highest BCUT2D eigenvalue weighted by Crippen LogP contribution is 2.12. The average Bonchev–Trinajstić information content (AvgIpc) is 2.53. The second-order valence-corrected chi connectivity index (χ2v) is 9.54. The van der Waals surface area contributed by atoms with Crippen LogP contribution >= 0.6 is 0 Å². The number of hydrazone groups is 2. The Hall–Kier alpha value is -2.20. The van der Waals surface area contributed by atoms with Gasteiger partial charge in [-0.15, -0.1) is 0 Å². The van der Waals surface area contributed by atoms with Crippen molar-refractivity contribution in [3.8, 4) is 0 Å². The normalized spacial score (nSPS) is 20.4. The Labute approximate surface area is 154 Å². The van der Waals surface area contributed by atoms with Crippen molar-refractivity contribution in [1.82, 2.24) is 9.66 Å². The van der Waals surface area contributed by atoms with Gasteiger partial charge in [-0.1, -0.05) is 24.3 Å². The van der Waals surface area contributed by atoms with Gasteiger partial charge in [0.2, 0.25) is 20.0 Å². The number of hydrogen-bond acceptors (Lipinski definition) is 6. The van der Waals surface area contributed by atoms with E-state index in [9.17, 15) is 16.8 Å². The molecule has 0 atom stereocenters. The topological polar surface area (TPSA) is 117 Å². The SMILES string of the molecule is CS(=O)(=O)N\N=C1/C=C\C(=N/NS(C)(=O)=O)CCc2ccc(cc2)CC1. The first kappa shape index (κ1) is 20.1. The molecule has 0 spiro atoms. The maximum atomic E-state index is 11.3. The van der Waals surface area contributed by atoms with E-state index in [1.165, 1.54) is 0 Å². The van der Waals surface area contributed by atoms with Crippen LogP contribution in [0.4, 0.5) is 0 Å². The van der Waals surface area contributed by atoms with Crippen LogP contribution in [0, 0.1) is 0 Å². The van der Waals surface area contributed by atoms with Crippen LogP contribution in [-0.4, -0.2) is 40.8 Å². The van der Waals surface area contributed by atoms with Crippen LogP contribution in [0.2, 0.25) is 0 Å². The molecule has 26 heavy (non-hydrogen) atoms. The van der Waals surface area contributed by atoms with E-state index in [1.807, 2.05) is 24.3 Å². The molecule has 0 radical (unpaired) electrons. The maximum absolute atomic E-state index is 11.3. The van der Waals surface area contributed by atoms with Crippen LogP contribution in [0.1, 0.15) is 24.0 Å². The minimum Gasteiger partial charge on any atom is -0.206 e. The van der Waals surface area contributed by atoms with Crippen LogP contribution in [-0.2, 0) is 32.9 Å². The lowest BCUT2D eigenvalue weighted by molar-refractivity contribution is 0.588. The molecular weight excluding hydrogens is 376 g/mol. The fourth-order valence-electron chi connectivity index (χ4n) is 2.25. The van der Waals surface area contributed by atoms with E-state index in [2.05, 4.69) is 19.9 Å². The molecule has 1 aromatic carbocycles. The third kappa shape index (κ3) is 7.79. The highest BCUT2D eigenvalue weighted by molar-refractivity contribution is 7.88. The second kappa shape index (κ2) is 8.45. The van der Waals surface area contributed by atoms with Crippen LogP contribution in [0.5, 0.6) is 0 Å². The Morgan fingerprint density at radius 1 is 0.692 bits per heavy atom. The van der Waals surface area contributed by atoms with Crippen LogP contribution in [0.3, 0.4) is 0 Å². The molecule has 2 aliphatic carbocycles. The summed E-state index contributed by atoms with van der Waals surface area (Å²) in [6.07, 6.45) is 7.78. The van der Waals surface area contributed by atoms with Crippen molar-refractivity contribution in [3.63, 3.8) is 0 Å². The fourth-order valence-corrected chi connectivity index (χ4v) is 2.81. The van der Waals surface area contributed by atoms with Gasteiger partial charge in [0.25, 0.3) is 0 Å². The molecular formula is C16H22N4O4S2. The van der Waals surface area contributed by atoms with E-state index in [1.54, 1.807) is 12.2 Å². The molecule has 0 amide bonds. The zero-order chi connectivity index (χ0) is 19.2. The van der Waals surface area contributed by atoms with Crippen molar-refractivity contribution in [1.29, 1.82) is 0 Å². The Morgan fingerprint density at radius 3 is 1.35 bits per heavy atom. The van der Waals surface area contributed by atoms with Crippen LogP contribution in [0.15, 0.2) is 46.6 Å². The first-order valence-electron chi connectivity index (χ1n) is 7.93. The molecule has 1 aromatic rings. The lowest BCUT2D eigenvalue weighted by Gasteiger charge is -2.09. The van der Waals surface area contributed by atoms with E-state index < -0.39 is 20.0 Å². The van der Waals surface area contributed by atoms with E-state index in [0.717, 1.165) is 23.6 Å². The van der Waals surface area contributed by atoms with Crippen molar-refractivity contribution in [3.05, 3.63) is 47.5 Å². The third-order valence-corrected chi connectivity index (χ3v) is 4.39. The van der Waals surface area contributed by atoms with Crippen molar-refractivity contribution < 1.29 is 16.8 Å². The van der Waals surface area contributed by atoms with Crippen LogP contribution < -0.4 is 9.66 Å². The van der Waals surface area contributed by atoms with Gasteiger partial charge in [0, 0.05) is 0 Å². The van der Waals surface area contributed by atoms with Gasteiger partial charge in [0.05, 0.1) is 23.9 Å². The smallest absolute Gasteiger partial charge is 0.206 e. The van der Waals surface area contributed by atoms with Crippen molar-refractivity contribution in [2.75, 3.05) is 12.5 Å². The minimum absolute atomic E-state index is 0.519. The average molecular weight is 399 g/mol. The zero-order valence-electron chi connectivity index (χ0n) is 14.6. The van der Waals surface area contributed by atoms with Gasteiger partial charge in [-0.25, -0.2) is 26.5 Å². The number of benzene rings is 1. The number of nitrogens with one attached hydrogen (secondary N) is 2. The molecule has 3 rings (SSSR count). The summed E-state index contributed by atoms with van der Waals surface area (Å²) in [4.78, 5) is 4.25. The summed E-state index contributed by atoms with van der Waals surface area (Å²) in [5, 5.41) is 7.88. The van der Waals surface area contributed by atoms with E-state index in [-0.39, 0.29) is 0 Å². The van der Waals surface area contributed by atoms with Gasteiger partial charge in [-0.2, -0.15) is 10.2 Å². The molecule has 0 fully saturated rings. The van der Waals surface area contributed by atoms with Crippen LogP contribution in [0.25, 0.3) is 0 Å². The standard InChI is InChI=1S/C16H22N4O4S2/c1-25(21,22)19-17-15-9-7-13-3-5-14(6-4-13)8-10-16(12-11-15)18-20-26(2,23)24/h3-6,11-12,19-20H,7-10H2,1-2H3/b12-11-,17-15-,18-16-. The number of aryl methyl sites for hydroxylation is 2. The number of nitrogens with zero attached hydrogens (tertiary/aromatic N) is 2. The summed E-state index contributed by atoms with van der Waals surface area (Å²) < 4.78 is 45.1. The molecule has 0 heterocycles. The van der Waals surface area contributed by atoms with Gasteiger partial charge < -0.3 is 0 Å². The highest BCUT2D eigenvalue weighted by atomic mass is 32.2. The molecule has 2 aliphatic rings. The lowest BCUT2D eigenvalue weighted by atomic mass is 10.00. The first-order valence-corrected chi connectivity index (χ1v) is 11.7. The number of sulfonamides is 2. The molecule has 2 bridgehead atoms. The number of allylic oxidation sites excluding steroid dienone is 2. The zero-order valence-corrected chi connectivity index (χ0v) is 16.3. The van der Waals surface area contributed by atoms with Gasteiger partial charge in [0.1, 0.15) is 0 Å². The number of fused-ring (bicyclic) bond motifs is 8. The highest BCUT2D eigenvalue weighted by Gasteiger charge is 2.06. The van der Waals surface area contributed by atoms with Crippen molar-refractivity contribution >= 4 is 31.5 Å². The molecule has 0 aliphatic heterocycles. The summed E-state index contributed by atoms with van der Waals surface area (Å²) >= 11 is 0. The monoisotopic (exact) mass is 398 g/mol. The third-order valence-electron chi connectivity index (χ3n) is 3.54. The molecule has 0 saturated carbocycles. The fraction of sp³-hybridized carbons (Fsp3) is 0.375. The van der Waals surface area contributed by atoms with E-state index in [0.29, 0.717) is 37.1 Å². The van der Waals surface area contributed by atoms with Gasteiger partial charge >= 0.3 is 0 Å². The Balaban J connectivity index is 2.33. The summed E-state index contributed by atoms with van der Waals surface area (Å²) in [6.45, 7) is 0. The molecule has 0 saturated heterocycles. The first-order chi connectivity index (χ1) is 12.1. The summed E-state index contributed by atoms with van der Waals surface area (Å²) in [6, 6.07) is 8.09.